The second kappa shape index (κ2) is 6.47. The van der Waals surface area contributed by atoms with E-state index >= 15 is 0 Å². The number of aliphatic hydroxyl groups is 1. The second-order valence-corrected chi connectivity index (χ2v) is 3.99. The highest BCUT2D eigenvalue weighted by molar-refractivity contribution is 5.98. The fourth-order valence-corrected chi connectivity index (χ4v) is 1.74. The van der Waals surface area contributed by atoms with E-state index in [9.17, 15) is 18.0 Å². The molecule has 0 bridgehead atoms. The number of anilines is 2. The minimum Gasteiger partial charge on any atom is -0.465 e. The molecule has 0 amide bonds. The third-order valence-corrected chi connectivity index (χ3v) is 2.57. The van der Waals surface area contributed by atoms with E-state index in [1.165, 1.54) is 18.2 Å². The summed E-state index contributed by atoms with van der Waals surface area (Å²) in [5, 5.41) is 8.87. The van der Waals surface area contributed by atoms with Gasteiger partial charge in [-0.3, -0.25) is 0 Å². The molecule has 0 atom stereocenters. The third kappa shape index (κ3) is 4.02. The minimum absolute atomic E-state index is 0.0184. The molecule has 0 aliphatic carbocycles. The van der Waals surface area contributed by atoms with Crippen LogP contribution in [0.25, 0.3) is 0 Å². The van der Waals surface area contributed by atoms with Gasteiger partial charge in [0, 0.05) is 6.54 Å². The molecule has 0 aliphatic rings. The number of ether oxygens (including phenoxy) is 1. The van der Waals surface area contributed by atoms with Gasteiger partial charge in [0.1, 0.15) is 6.54 Å². The Kier molecular flexibility index (Phi) is 5.20. The summed E-state index contributed by atoms with van der Waals surface area (Å²) in [7, 11) is 1.15. The van der Waals surface area contributed by atoms with Gasteiger partial charge in [0.15, 0.2) is 0 Å². The van der Waals surface area contributed by atoms with Crippen molar-refractivity contribution >= 4 is 17.3 Å². The fraction of sp³-hybridized carbons (Fsp3) is 0.417. The third-order valence-electron chi connectivity index (χ3n) is 2.57. The molecule has 0 heterocycles. The Bertz CT molecular complexity index is 478. The molecule has 1 aromatic carbocycles. The molecule has 112 valence electrons. The van der Waals surface area contributed by atoms with E-state index < -0.39 is 25.3 Å². The van der Waals surface area contributed by atoms with Crippen LogP contribution in [-0.4, -0.2) is 44.1 Å². The number of methoxy groups -OCH3 is 1. The van der Waals surface area contributed by atoms with Gasteiger partial charge in [-0.25, -0.2) is 4.79 Å². The van der Waals surface area contributed by atoms with Gasteiger partial charge >= 0.3 is 12.1 Å². The maximum atomic E-state index is 12.5. The van der Waals surface area contributed by atoms with Crippen molar-refractivity contribution in [2.24, 2.45) is 0 Å². The van der Waals surface area contributed by atoms with Gasteiger partial charge in [-0.15, -0.1) is 0 Å². The number of halogens is 3. The molecule has 0 aromatic heterocycles. The Morgan fingerprint density at radius 3 is 2.60 bits per heavy atom. The Hall–Kier alpha value is -1.96. The molecule has 20 heavy (non-hydrogen) atoms. The summed E-state index contributed by atoms with van der Waals surface area (Å²) in [4.78, 5) is 12.3. The average Bonchev–Trinajstić information content (AvgIpc) is 2.36. The Balaban J connectivity index is 3.17. The number of benzene rings is 1. The lowest BCUT2D eigenvalue weighted by Crippen LogP contribution is -2.36. The fourth-order valence-electron chi connectivity index (χ4n) is 1.74. The first kappa shape index (κ1) is 16.1. The molecular weight excluding hydrogens is 277 g/mol. The lowest BCUT2D eigenvalue weighted by atomic mass is 10.1. The van der Waals surface area contributed by atoms with Crippen molar-refractivity contribution < 1.29 is 27.8 Å². The second-order valence-electron chi connectivity index (χ2n) is 3.99. The SMILES string of the molecule is COC(=O)c1cccc(N(CCO)CC(F)(F)F)c1N. The number of carbonyl (C=O) groups excluding carboxylic acids is 1. The van der Waals surface area contributed by atoms with E-state index in [0.717, 1.165) is 12.0 Å². The maximum Gasteiger partial charge on any atom is 0.405 e. The molecule has 0 saturated carbocycles. The van der Waals surface area contributed by atoms with Crippen LogP contribution in [0.5, 0.6) is 0 Å². The van der Waals surface area contributed by atoms with Crippen LogP contribution >= 0.6 is 0 Å². The number of para-hydroxylation sites is 1. The smallest absolute Gasteiger partial charge is 0.405 e. The molecule has 8 heteroatoms. The van der Waals surface area contributed by atoms with E-state index in [1.54, 1.807) is 0 Å². The van der Waals surface area contributed by atoms with Crippen molar-refractivity contribution in [1.29, 1.82) is 0 Å². The largest absolute Gasteiger partial charge is 0.465 e. The summed E-state index contributed by atoms with van der Waals surface area (Å²) in [6, 6.07) is 4.11. The number of hydrogen-bond acceptors (Lipinski definition) is 5. The Labute approximate surface area is 113 Å². The van der Waals surface area contributed by atoms with Gasteiger partial charge < -0.3 is 20.5 Å². The quantitative estimate of drug-likeness (QED) is 0.634. The number of nitrogens with zero attached hydrogens (tertiary/aromatic N) is 1. The van der Waals surface area contributed by atoms with E-state index in [0.29, 0.717) is 0 Å². The van der Waals surface area contributed by atoms with Crippen molar-refractivity contribution in [2.45, 2.75) is 6.18 Å². The molecule has 0 radical (unpaired) electrons. The standard InChI is InChI=1S/C12H15F3N2O3/c1-20-11(19)8-3-2-4-9(10(8)16)17(5-6-18)7-12(13,14)15/h2-4,18H,5-7,16H2,1H3. The van der Waals surface area contributed by atoms with Crippen LogP contribution in [0.4, 0.5) is 24.5 Å². The molecule has 0 spiro atoms. The highest BCUT2D eigenvalue weighted by Crippen LogP contribution is 2.29. The predicted molar refractivity (Wildman–Crippen MR) is 67.5 cm³/mol. The van der Waals surface area contributed by atoms with E-state index in [1.807, 2.05) is 0 Å². The van der Waals surface area contributed by atoms with Crippen LogP contribution in [0, 0.1) is 0 Å². The monoisotopic (exact) mass is 292 g/mol. The number of hydrogen-bond donors (Lipinski definition) is 2. The first-order valence-corrected chi connectivity index (χ1v) is 5.69. The average molecular weight is 292 g/mol. The van der Waals surface area contributed by atoms with Crippen molar-refractivity contribution in [3.63, 3.8) is 0 Å². The molecule has 0 unspecified atom stereocenters. The molecule has 1 rings (SSSR count). The van der Waals surface area contributed by atoms with Crippen molar-refractivity contribution in [3.8, 4) is 0 Å². The van der Waals surface area contributed by atoms with Crippen LogP contribution in [0.15, 0.2) is 18.2 Å². The first-order chi connectivity index (χ1) is 9.30. The lowest BCUT2D eigenvalue weighted by Gasteiger charge is -2.27. The molecule has 3 N–H and O–H groups in total. The number of aliphatic hydroxyl groups excluding tert-OH is 1. The van der Waals surface area contributed by atoms with E-state index in [-0.39, 0.29) is 23.5 Å². The summed E-state index contributed by atoms with van der Waals surface area (Å²) < 4.78 is 42.1. The maximum absolute atomic E-state index is 12.5. The van der Waals surface area contributed by atoms with Crippen LogP contribution in [0.2, 0.25) is 0 Å². The van der Waals surface area contributed by atoms with Crippen LogP contribution in [-0.2, 0) is 4.74 Å². The number of alkyl halides is 3. The zero-order valence-electron chi connectivity index (χ0n) is 10.8. The first-order valence-electron chi connectivity index (χ1n) is 5.69. The highest BCUT2D eigenvalue weighted by Gasteiger charge is 2.31. The molecule has 0 saturated heterocycles. The Morgan fingerprint density at radius 1 is 1.45 bits per heavy atom. The number of nitrogen functional groups attached to an aromatic ring is 1. The van der Waals surface area contributed by atoms with Crippen molar-refractivity contribution in [2.75, 3.05) is 37.4 Å². The van der Waals surface area contributed by atoms with E-state index in [2.05, 4.69) is 4.74 Å². The topological polar surface area (TPSA) is 75.8 Å². The van der Waals surface area contributed by atoms with Gasteiger partial charge in [-0.05, 0) is 12.1 Å². The zero-order valence-corrected chi connectivity index (χ0v) is 10.8. The number of esters is 1. The predicted octanol–water partition coefficient (Wildman–Crippen LogP) is 1.42. The molecule has 0 aliphatic heterocycles. The number of carbonyl (C=O) groups is 1. The number of rotatable bonds is 5. The highest BCUT2D eigenvalue weighted by atomic mass is 19.4. The van der Waals surface area contributed by atoms with Crippen LogP contribution in [0.3, 0.4) is 0 Å². The van der Waals surface area contributed by atoms with Crippen molar-refractivity contribution in [3.05, 3.63) is 23.8 Å². The summed E-state index contributed by atoms with van der Waals surface area (Å²) in [5.74, 6) is -0.736. The summed E-state index contributed by atoms with van der Waals surface area (Å²) >= 11 is 0. The minimum atomic E-state index is -4.46. The summed E-state index contributed by atoms with van der Waals surface area (Å²) in [6.07, 6.45) is -4.46. The van der Waals surface area contributed by atoms with Crippen LogP contribution in [0.1, 0.15) is 10.4 Å². The van der Waals surface area contributed by atoms with Gasteiger partial charge in [-0.2, -0.15) is 13.2 Å². The lowest BCUT2D eigenvalue weighted by molar-refractivity contribution is -0.119. The summed E-state index contributed by atoms with van der Waals surface area (Å²) in [5.41, 5.74) is 5.61. The van der Waals surface area contributed by atoms with Gasteiger partial charge in [0.25, 0.3) is 0 Å². The molecule has 5 nitrogen and oxygen atoms in total. The molecule has 0 fully saturated rings. The van der Waals surface area contributed by atoms with Gasteiger partial charge in [0.2, 0.25) is 0 Å². The van der Waals surface area contributed by atoms with Crippen molar-refractivity contribution in [1.82, 2.24) is 0 Å². The van der Waals surface area contributed by atoms with Crippen LogP contribution < -0.4 is 10.6 Å². The number of nitrogens with two attached hydrogens (primary N) is 1. The molecule has 1 aromatic rings. The van der Waals surface area contributed by atoms with Gasteiger partial charge in [0.05, 0.1) is 30.7 Å². The zero-order chi connectivity index (χ0) is 15.3. The van der Waals surface area contributed by atoms with Gasteiger partial charge in [-0.1, -0.05) is 6.07 Å². The molecular formula is C12H15F3N2O3. The van der Waals surface area contributed by atoms with E-state index in [4.69, 9.17) is 10.8 Å². The Morgan fingerprint density at radius 2 is 2.10 bits per heavy atom. The summed E-state index contributed by atoms with van der Waals surface area (Å²) in [6.45, 7) is -2.01. The normalized spacial score (nSPS) is 11.2.